The maximum atomic E-state index is 5.56. The molecule has 0 fully saturated rings. The van der Waals surface area contributed by atoms with E-state index in [1.807, 2.05) is 25.9 Å². The van der Waals surface area contributed by atoms with Crippen molar-refractivity contribution >= 4 is 0 Å². The van der Waals surface area contributed by atoms with Crippen molar-refractivity contribution in [3.05, 3.63) is 0 Å². The minimum atomic E-state index is -0.0185. The molecule has 0 amide bonds. The van der Waals surface area contributed by atoms with Crippen LogP contribution < -0.4 is 11.5 Å². The summed E-state index contributed by atoms with van der Waals surface area (Å²) >= 11 is 0. The standard InChI is InChI=1S/C5H15N3/c1-4(6)5(7)8(2)3/h4-5H,6-7H2,1-3H3/t4-,5?/m1/s1. The molecule has 0 radical (unpaired) electrons. The van der Waals surface area contributed by atoms with Gasteiger partial charge in [-0.15, -0.1) is 0 Å². The van der Waals surface area contributed by atoms with Crippen LogP contribution in [-0.4, -0.2) is 31.2 Å². The zero-order chi connectivity index (χ0) is 6.73. The van der Waals surface area contributed by atoms with E-state index in [1.54, 1.807) is 0 Å². The van der Waals surface area contributed by atoms with E-state index < -0.39 is 0 Å². The third-order valence-corrected chi connectivity index (χ3v) is 1.13. The lowest BCUT2D eigenvalue weighted by Gasteiger charge is -2.22. The Balaban J connectivity index is 3.46. The lowest BCUT2D eigenvalue weighted by atomic mass is 10.3. The molecule has 0 heterocycles. The van der Waals surface area contributed by atoms with E-state index in [2.05, 4.69) is 0 Å². The first-order valence-electron chi connectivity index (χ1n) is 2.73. The van der Waals surface area contributed by atoms with Crippen molar-refractivity contribution in [2.24, 2.45) is 11.5 Å². The summed E-state index contributed by atoms with van der Waals surface area (Å²) in [6.45, 7) is 1.89. The van der Waals surface area contributed by atoms with Crippen molar-refractivity contribution in [2.75, 3.05) is 14.1 Å². The maximum absolute atomic E-state index is 5.56. The summed E-state index contributed by atoms with van der Waals surface area (Å²) in [5, 5.41) is 0. The van der Waals surface area contributed by atoms with Crippen LogP contribution in [0.1, 0.15) is 6.92 Å². The van der Waals surface area contributed by atoms with Crippen LogP contribution in [0, 0.1) is 0 Å². The van der Waals surface area contributed by atoms with Crippen LogP contribution in [0.5, 0.6) is 0 Å². The molecule has 8 heavy (non-hydrogen) atoms. The molecule has 0 bridgehead atoms. The van der Waals surface area contributed by atoms with Gasteiger partial charge in [-0.05, 0) is 21.0 Å². The van der Waals surface area contributed by atoms with E-state index in [0.717, 1.165) is 0 Å². The summed E-state index contributed by atoms with van der Waals surface area (Å²) in [5.74, 6) is 0. The molecule has 0 aliphatic heterocycles. The Morgan fingerprint density at radius 3 is 1.62 bits per heavy atom. The minimum Gasteiger partial charge on any atom is -0.325 e. The largest absolute Gasteiger partial charge is 0.325 e. The van der Waals surface area contributed by atoms with Crippen LogP contribution in [-0.2, 0) is 0 Å². The molecule has 0 aliphatic carbocycles. The molecule has 0 saturated heterocycles. The van der Waals surface area contributed by atoms with Crippen molar-refractivity contribution in [3.63, 3.8) is 0 Å². The quantitative estimate of drug-likeness (QED) is 0.465. The number of nitrogens with zero attached hydrogens (tertiary/aromatic N) is 1. The van der Waals surface area contributed by atoms with Crippen molar-refractivity contribution in [1.29, 1.82) is 0 Å². The molecule has 0 saturated carbocycles. The molecule has 0 rings (SSSR count). The van der Waals surface area contributed by atoms with Gasteiger partial charge >= 0.3 is 0 Å². The number of hydrogen-bond acceptors (Lipinski definition) is 3. The number of nitrogens with two attached hydrogens (primary N) is 2. The third-order valence-electron chi connectivity index (χ3n) is 1.13. The molecule has 4 N–H and O–H groups in total. The fourth-order valence-electron chi connectivity index (χ4n) is 0.470. The van der Waals surface area contributed by atoms with Crippen molar-refractivity contribution in [2.45, 2.75) is 19.1 Å². The topological polar surface area (TPSA) is 55.3 Å². The van der Waals surface area contributed by atoms with Crippen molar-refractivity contribution in [3.8, 4) is 0 Å². The Labute approximate surface area is 50.6 Å². The van der Waals surface area contributed by atoms with E-state index in [1.165, 1.54) is 0 Å². The van der Waals surface area contributed by atoms with Crippen LogP contribution in [0.2, 0.25) is 0 Å². The highest BCUT2D eigenvalue weighted by molar-refractivity contribution is 4.67. The highest BCUT2D eigenvalue weighted by Crippen LogP contribution is 1.86. The second-order valence-corrected chi connectivity index (χ2v) is 2.31. The molecule has 0 aromatic carbocycles. The van der Waals surface area contributed by atoms with Gasteiger partial charge in [0.25, 0.3) is 0 Å². The van der Waals surface area contributed by atoms with Crippen LogP contribution in [0.15, 0.2) is 0 Å². The van der Waals surface area contributed by atoms with Gasteiger partial charge in [-0.25, -0.2) is 0 Å². The summed E-state index contributed by atoms with van der Waals surface area (Å²) in [7, 11) is 3.82. The smallest absolute Gasteiger partial charge is 0.0720 e. The summed E-state index contributed by atoms with van der Waals surface area (Å²) < 4.78 is 0. The van der Waals surface area contributed by atoms with Crippen LogP contribution in [0.3, 0.4) is 0 Å². The number of rotatable bonds is 2. The average Bonchev–Trinajstić information content (AvgIpc) is 1.64. The first kappa shape index (κ1) is 7.88. The average molecular weight is 117 g/mol. The highest BCUT2D eigenvalue weighted by Gasteiger charge is 2.07. The van der Waals surface area contributed by atoms with Crippen LogP contribution >= 0.6 is 0 Å². The zero-order valence-electron chi connectivity index (χ0n) is 5.76. The second-order valence-electron chi connectivity index (χ2n) is 2.31. The van der Waals surface area contributed by atoms with Gasteiger partial charge < -0.3 is 11.5 Å². The molecular weight excluding hydrogens is 102 g/mol. The molecule has 0 spiro atoms. The SMILES string of the molecule is C[C@@H](N)C(N)N(C)C. The molecule has 0 aliphatic rings. The summed E-state index contributed by atoms with van der Waals surface area (Å²) in [6.07, 6.45) is -0.0185. The number of likely N-dealkylation sites (N-methyl/N-ethyl adjacent to an activating group) is 1. The lowest BCUT2D eigenvalue weighted by Crippen LogP contribution is -2.48. The zero-order valence-corrected chi connectivity index (χ0v) is 5.76. The van der Waals surface area contributed by atoms with Crippen molar-refractivity contribution in [1.82, 2.24) is 4.90 Å². The van der Waals surface area contributed by atoms with E-state index in [4.69, 9.17) is 11.5 Å². The molecule has 0 aromatic heterocycles. The molecule has 50 valence electrons. The van der Waals surface area contributed by atoms with Gasteiger partial charge in [0, 0.05) is 6.04 Å². The second kappa shape index (κ2) is 3.02. The van der Waals surface area contributed by atoms with Gasteiger partial charge in [0.05, 0.1) is 6.17 Å². The van der Waals surface area contributed by atoms with E-state index in [9.17, 15) is 0 Å². The summed E-state index contributed by atoms with van der Waals surface area (Å²) in [5.41, 5.74) is 11.0. The van der Waals surface area contributed by atoms with Crippen molar-refractivity contribution < 1.29 is 0 Å². The Morgan fingerprint density at radius 2 is 1.62 bits per heavy atom. The van der Waals surface area contributed by atoms with Crippen LogP contribution in [0.25, 0.3) is 0 Å². The van der Waals surface area contributed by atoms with Crippen LogP contribution in [0.4, 0.5) is 0 Å². The maximum Gasteiger partial charge on any atom is 0.0720 e. The molecule has 2 atom stereocenters. The fraction of sp³-hybridized carbons (Fsp3) is 1.00. The Hall–Kier alpha value is -0.120. The van der Waals surface area contributed by atoms with E-state index >= 15 is 0 Å². The molecule has 0 aromatic rings. The monoisotopic (exact) mass is 117 g/mol. The predicted molar refractivity (Wildman–Crippen MR) is 35.3 cm³/mol. The number of hydrogen-bond donors (Lipinski definition) is 2. The van der Waals surface area contributed by atoms with Gasteiger partial charge in [-0.2, -0.15) is 0 Å². The summed E-state index contributed by atoms with van der Waals surface area (Å²) in [4.78, 5) is 1.89. The Kier molecular flexibility index (Phi) is 2.97. The molecular formula is C5H15N3. The fourth-order valence-corrected chi connectivity index (χ4v) is 0.470. The highest BCUT2D eigenvalue weighted by atomic mass is 15.2. The summed E-state index contributed by atoms with van der Waals surface area (Å²) in [6, 6.07) is 0.0463. The first-order valence-corrected chi connectivity index (χ1v) is 2.73. The van der Waals surface area contributed by atoms with Gasteiger partial charge in [0.15, 0.2) is 0 Å². The Morgan fingerprint density at radius 1 is 1.25 bits per heavy atom. The lowest BCUT2D eigenvalue weighted by molar-refractivity contribution is 0.268. The third kappa shape index (κ3) is 2.26. The minimum absolute atomic E-state index is 0.0185. The van der Waals surface area contributed by atoms with Gasteiger partial charge in [-0.3, -0.25) is 4.90 Å². The van der Waals surface area contributed by atoms with Gasteiger partial charge in [0.2, 0.25) is 0 Å². The Bertz CT molecular complexity index is 52.7. The molecule has 3 heteroatoms. The van der Waals surface area contributed by atoms with Gasteiger partial charge in [-0.1, -0.05) is 0 Å². The molecule has 3 nitrogen and oxygen atoms in total. The van der Waals surface area contributed by atoms with Gasteiger partial charge in [0.1, 0.15) is 0 Å². The first-order chi connectivity index (χ1) is 3.55. The van der Waals surface area contributed by atoms with E-state index in [0.29, 0.717) is 0 Å². The van der Waals surface area contributed by atoms with E-state index in [-0.39, 0.29) is 12.2 Å². The predicted octanol–water partition coefficient (Wildman–Crippen LogP) is -0.820. The normalized spacial score (nSPS) is 18.8. The molecule has 1 unspecified atom stereocenters.